The van der Waals surface area contributed by atoms with Crippen LogP contribution in [0.2, 0.25) is 5.02 Å². The molecule has 0 atom stereocenters. The molecule has 0 N–H and O–H groups in total. The van der Waals surface area contributed by atoms with Crippen molar-refractivity contribution in [3.8, 4) is 5.75 Å². The molecule has 0 fully saturated rings. The van der Waals surface area contributed by atoms with Crippen LogP contribution in [0.5, 0.6) is 5.75 Å². The highest BCUT2D eigenvalue weighted by Gasteiger charge is 2.17. The summed E-state index contributed by atoms with van der Waals surface area (Å²) in [5.74, 6) is 0.422. The molecule has 2 aromatic carbocycles. The fourth-order valence-corrected chi connectivity index (χ4v) is 2.82. The maximum Gasteiger partial charge on any atom is 0.349 e. The highest BCUT2D eigenvalue weighted by molar-refractivity contribution is 6.30. The molecule has 5 nitrogen and oxygen atoms in total. The quantitative estimate of drug-likeness (QED) is 0.447. The Bertz CT molecular complexity index is 981. The van der Waals surface area contributed by atoms with Crippen LogP contribution in [0.25, 0.3) is 11.0 Å². The van der Waals surface area contributed by atoms with Gasteiger partial charge >= 0.3 is 5.63 Å². The van der Waals surface area contributed by atoms with Crippen LogP contribution in [0.4, 0.5) is 0 Å². The third kappa shape index (κ3) is 4.89. The number of rotatable bonds is 7. The number of carbonyl (C=O) groups is 1. The van der Waals surface area contributed by atoms with Crippen molar-refractivity contribution < 1.29 is 13.9 Å². The zero-order chi connectivity index (χ0) is 19.2. The van der Waals surface area contributed by atoms with E-state index in [9.17, 15) is 9.59 Å². The number of fused-ring (bicyclic) bond motifs is 1. The van der Waals surface area contributed by atoms with Gasteiger partial charge in [0, 0.05) is 24.0 Å². The van der Waals surface area contributed by atoms with Crippen molar-refractivity contribution in [3.05, 3.63) is 75.6 Å². The molecule has 3 aromatic rings. The molecule has 0 bridgehead atoms. The molecule has 0 aliphatic heterocycles. The molecule has 140 valence electrons. The van der Waals surface area contributed by atoms with E-state index < -0.39 is 5.63 Å². The van der Waals surface area contributed by atoms with E-state index in [0.29, 0.717) is 23.8 Å². The van der Waals surface area contributed by atoms with Gasteiger partial charge in [-0.25, -0.2) is 4.79 Å². The lowest BCUT2D eigenvalue weighted by Crippen LogP contribution is -2.31. The third-order valence-electron chi connectivity index (χ3n) is 4.19. The SMILES string of the molecule is CN(CCCCOc1ccc(Cl)cc1)C(=O)c1cc2ccccc2oc1=O. The number of ether oxygens (including phenoxy) is 1. The van der Waals surface area contributed by atoms with E-state index >= 15 is 0 Å². The van der Waals surface area contributed by atoms with Gasteiger partial charge in [-0.05, 0) is 49.2 Å². The molecule has 0 unspecified atom stereocenters. The van der Waals surface area contributed by atoms with Crippen molar-refractivity contribution in [1.29, 1.82) is 0 Å². The second-order valence-electron chi connectivity index (χ2n) is 6.22. The Balaban J connectivity index is 1.51. The van der Waals surface area contributed by atoms with Crippen LogP contribution < -0.4 is 10.4 Å². The van der Waals surface area contributed by atoms with E-state index in [1.165, 1.54) is 4.90 Å². The minimum Gasteiger partial charge on any atom is -0.494 e. The van der Waals surface area contributed by atoms with Gasteiger partial charge in [0.25, 0.3) is 5.91 Å². The molecule has 1 heterocycles. The van der Waals surface area contributed by atoms with Crippen molar-refractivity contribution in [2.75, 3.05) is 20.2 Å². The lowest BCUT2D eigenvalue weighted by molar-refractivity contribution is 0.0787. The second kappa shape index (κ2) is 8.73. The lowest BCUT2D eigenvalue weighted by atomic mass is 10.1. The number of carbonyl (C=O) groups excluding carboxylic acids is 1. The standard InChI is InChI=1S/C21H20ClNO4/c1-23(12-4-5-13-26-17-10-8-16(22)9-11-17)20(24)18-14-15-6-2-3-7-19(15)27-21(18)25/h2-3,6-11,14H,4-5,12-13H2,1H3. The lowest BCUT2D eigenvalue weighted by Gasteiger charge is -2.16. The van der Waals surface area contributed by atoms with Gasteiger partial charge in [0.2, 0.25) is 0 Å². The van der Waals surface area contributed by atoms with E-state index in [1.807, 2.05) is 24.3 Å². The molecular weight excluding hydrogens is 366 g/mol. The number of unbranched alkanes of at least 4 members (excludes halogenated alkanes) is 1. The Morgan fingerprint density at radius 1 is 1.11 bits per heavy atom. The monoisotopic (exact) mass is 385 g/mol. The van der Waals surface area contributed by atoms with Gasteiger partial charge in [-0.3, -0.25) is 4.79 Å². The van der Waals surface area contributed by atoms with Gasteiger partial charge in [0.1, 0.15) is 16.9 Å². The zero-order valence-corrected chi connectivity index (χ0v) is 15.7. The first-order chi connectivity index (χ1) is 13.0. The maximum absolute atomic E-state index is 12.5. The molecule has 27 heavy (non-hydrogen) atoms. The van der Waals surface area contributed by atoms with Gasteiger partial charge < -0.3 is 14.1 Å². The molecule has 0 aliphatic rings. The van der Waals surface area contributed by atoms with E-state index in [0.717, 1.165) is 24.0 Å². The molecule has 0 spiro atoms. The molecule has 0 radical (unpaired) electrons. The van der Waals surface area contributed by atoms with Crippen LogP contribution in [0.3, 0.4) is 0 Å². The van der Waals surface area contributed by atoms with Crippen LogP contribution >= 0.6 is 11.6 Å². The maximum atomic E-state index is 12.5. The predicted molar refractivity (Wildman–Crippen MR) is 106 cm³/mol. The summed E-state index contributed by atoms with van der Waals surface area (Å²) >= 11 is 5.83. The van der Waals surface area contributed by atoms with Gasteiger partial charge in [0.05, 0.1) is 6.61 Å². The Kier molecular flexibility index (Phi) is 6.14. The highest BCUT2D eigenvalue weighted by atomic mass is 35.5. The molecule has 0 aliphatic carbocycles. The van der Waals surface area contributed by atoms with E-state index in [-0.39, 0.29) is 11.5 Å². The van der Waals surface area contributed by atoms with Crippen LogP contribution in [-0.2, 0) is 0 Å². The first kappa shape index (κ1) is 19.0. The minimum absolute atomic E-state index is 0.0496. The molecule has 1 aromatic heterocycles. The van der Waals surface area contributed by atoms with Crippen molar-refractivity contribution in [1.82, 2.24) is 4.90 Å². The second-order valence-corrected chi connectivity index (χ2v) is 6.66. The van der Waals surface area contributed by atoms with Crippen LogP contribution in [0.1, 0.15) is 23.2 Å². The van der Waals surface area contributed by atoms with Gasteiger partial charge in [-0.1, -0.05) is 29.8 Å². The fraction of sp³-hybridized carbons (Fsp3) is 0.238. The molecule has 6 heteroatoms. The van der Waals surface area contributed by atoms with Crippen molar-refractivity contribution in [3.63, 3.8) is 0 Å². The van der Waals surface area contributed by atoms with Crippen molar-refractivity contribution in [2.24, 2.45) is 0 Å². The number of amides is 1. The van der Waals surface area contributed by atoms with Crippen LogP contribution in [0.15, 0.2) is 63.8 Å². The summed E-state index contributed by atoms with van der Waals surface area (Å²) in [5, 5.41) is 1.39. The number of hydrogen-bond donors (Lipinski definition) is 0. The highest BCUT2D eigenvalue weighted by Crippen LogP contribution is 2.16. The van der Waals surface area contributed by atoms with Crippen molar-refractivity contribution in [2.45, 2.75) is 12.8 Å². The Labute approximate surface area is 162 Å². The first-order valence-corrected chi connectivity index (χ1v) is 9.09. The largest absolute Gasteiger partial charge is 0.494 e. The first-order valence-electron chi connectivity index (χ1n) is 8.71. The van der Waals surface area contributed by atoms with Gasteiger partial charge in [-0.2, -0.15) is 0 Å². The average molecular weight is 386 g/mol. The summed E-state index contributed by atoms with van der Waals surface area (Å²) < 4.78 is 10.9. The van der Waals surface area contributed by atoms with Crippen molar-refractivity contribution >= 4 is 28.5 Å². The Morgan fingerprint density at radius 3 is 2.63 bits per heavy atom. The third-order valence-corrected chi connectivity index (χ3v) is 4.44. The predicted octanol–water partition coefficient (Wildman–Crippen LogP) is 4.38. The van der Waals surface area contributed by atoms with Crippen LogP contribution in [-0.4, -0.2) is 31.0 Å². The summed E-state index contributed by atoms with van der Waals surface area (Å²) in [4.78, 5) is 26.2. The van der Waals surface area contributed by atoms with Gasteiger partial charge in [-0.15, -0.1) is 0 Å². The number of para-hydroxylation sites is 1. The van der Waals surface area contributed by atoms with Gasteiger partial charge in [0.15, 0.2) is 0 Å². The zero-order valence-electron chi connectivity index (χ0n) is 15.0. The Hall–Kier alpha value is -2.79. The van der Waals surface area contributed by atoms with Crippen LogP contribution in [0, 0.1) is 0 Å². The summed E-state index contributed by atoms with van der Waals surface area (Å²) in [6.07, 6.45) is 1.54. The summed E-state index contributed by atoms with van der Waals surface area (Å²) in [7, 11) is 1.68. The van der Waals surface area contributed by atoms with E-state index in [2.05, 4.69) is 0 Å². The summed E-state index contributed by atoms with van der Waals surface area (Å²) in [5.41, 5.74) is -0.0914. The summed E-state index contributed by atoms with van der Waals surface area (Å²) in [6, 6.07) is 15.9. The topological polar surface area (TPSA) is 59.8 Å². The molecule has 0 saturated heterocycles. The number of benzene rings is 2. The molecule has 0 saturated carbocycles. The smallest absolute Gasteiger partial charge is 0.349 e. The fourth-order valence-electron chi connectivity index (χ4n) is 2.69. The Morgan fingerprint density at radius 2 is 1.85 bits per heavy atom. The number of hydrogen-bond acceptors (Lipinski definition) is 4. The van der Waals surface area contributed by atoms with E-state index in [1.54, 1.807) is 37.4 Å². The number of nitrogens with zero attached hydrogens (tertiary/aromatic N) is 1. The molecule has 3 rings (SSSR count). The number of halogens is 1. The van der Waals surface area contributed by atoms with E-state index in [4.69, 9.17) is 20.8 Å². The summed E-state index contributed by atoms with van der Waals surface area (Å²) in [6.45, 7) is 1.07. The normalized spacial score (nSPS) is 10.7. The molecule has 1 amide bonds. The molecular formula is C21H20ClNO4. The average Bonchev–Trinajstić information content (AvgIpc) is 2.68. The minimum atomic E-state index is -0.614.